The summed E-state index contributed by atoms with van der Waals surface area (Å²) in [6.45, 7) is 11.1. The van der Waals surface area contributed by atoms with Gasteiger partial charge in [0.2, 0.25) is 5.91 Å². The second-order valence-electron chi connectivity index (χ2n) is 8.68. The highest BCUT2D eigenvalue weighted by molar-refractivity contribution is 7.15. The van der Waals surface area contributed by atoms with Crippen molar-refractivity contribution in [2.45, 2.75) is 66.0 Å². The number of ether oxygens (including phenoxy) is 1. The number of rotatable bonds is 3. The van der Waals surface area contributed by atoms with Crippen molar-refractivity contribution < 1.29 is 14.3 Å². The van der Waals surface area contributed by atoms with Crippen molar-refractivity contribution in [1.29, 1.82) is 0 Å². The van der Waals surface area contributed by atoms with Crippen molar-refractivity contribution in [3.05, 3.63) is 10.6 Å². The van der Waals surface area contributed by atoms with Crippen LogP contribution in [-0.4, -0.2) is 34.0 Å². The molecule has 3 rings (SSSR count). The minimum absolute atomic E-state index is 0.0330. The minimum Gasteiger partial charge on any atom is -0.444 e. The fraction of sp³-hybridized carbons (Fsp3) is 0.722. The van der Waals surface area contributed by atoms with Crippen LogP contribution in [0.4, 0.5) is 9.93 Å². The largest absolute Gasteiger partial charge is 0.444 e. The molecular weight excluding hydrogens is 338 g/mol. The molecule has 1 aliphatic heterocycles. The first kappa shape index (κ1) is 18.2. The molecule has 0 saturated heterocycles. The number of amides is 2. The van der Waals surface area contributed by atoms with Gasteiger partial charge in [0.15, 0.2) is 5.13 Å². The van der Waals surface area contributed by atoms with E-state index in [0.29, 0.717) is 42.4 Å². The highest BCUT2D eigenvalue weighted by Gasteiger charge is 2.46. The molecule has 6 nitrogen and oxygen atoms in total. The zero-order chi connectivity index (χ0) is 18.4. The fourth-order valence-electron chi connectivity index (χ4n) is 3.05. The van der Waals surface area contributed by atoms with Gasteiger partial charge in [-0.1, -0.05) is 25.2 Å². The molecule has 1 unspecified atom stereocenters. The van der Waals surface area contributed by atoms with Crippen LogP contribution in [0.25, 0.3) is 0 Å². The Bertz CT molecular complexity index is 690. The van der Waals surface area contributed by atoms with Crippen molar-refractivity contribution in [3.63, 3.8) is 0 Å². The van der Waals surface area contributed by atoms with Crippen LogP contribution >= 0.6 is 11.3 Å². The van der Waals surface area contributed by atoms with Crippen molar-refractivity contribution in [2.75, 3.05) is 11.9 Å². The lowest BCUT2D eigenvalue weighted by Gasteiger charge is -2.29. The summed E-state index contributed by atoms with van der Waals surface area (Å²) in [5.41, 5.74) is 0.778. The smallest absolute Gasteiger partial charge is 0.410 e. The Labute approximate surface area is 153 Å². The number of thiazole rings is 1. The van der Waals surface area contributed by atoms with Gasteiger partial charge in [-0.2, -0.15) is 0 Å². The molecule has 0 bridgehead atoms. The molecule has 1 atom stereocenters. The third-order valence-electron chi connectivity index (χ3n) is 4.78. The lowest BCUT2D eigenvalue weighted by molar-refractivity contribution is -0.116. The van der Waals surface area contributed by atoms with E-state index in [0.717, 1.165) is 17.0 Å². The van der Waals surface area contributed by atoms with Crippen LogP contribution in [-0.2, 0) is 22.5 Å². The van der Waals surface area contributed by atoms with Crippen molar-refractivity contribution >= 4 is 28.5 Å². The topological polar surface area (TPSA) is 71.5 Å². The maximum absolute atomic E-state index is 12.2. The number of nitrogens with zero attached hydrogens (tertiary/aromatic N) is 2. The van der Waals surface area contributed by atoms with E-state index in [-0.39, 0.29) is 12.0 Å². The number of hydrogen-bond acceptors (Lipinski definition) is 5. The van der Waals surface area contributed by atoms with Crippen molar-refractivity contribution in [3.8, 4) is 0 Å². The average Bonchev–Trinajstić information content (AvgIpc) is 2.89. The van der Waals surface area contributed by atoms with Crippen LogP contribution in [0, 0.1) is 11.3 Å². The average molecular weight is 365 g/mol. The molecule has 1 aliphatic carbocycles. The second kappa shape index (κ2) is 6.27. The molecule has 2 amide bonds. The quantitative estimate of drug-likeness (QED) is 0.884. The van der Waals surface area contributed by atoms with E-state index in [1.54, 1.807) is 4.90 Å². The Morgan fingerprint density at radius 1 is 1.40 bits per heavy atom. The number of nitrogens with one attached hydrogen (secondary N) is 1. The molecule has 0 radical (unpaired) electrons. The Morgan fingerprint density at radius 3 is 2.68 bits per heavy atom. The monoisotopic (exact) mass is 365 g/mol. The number of hydrogen-bond donors (Lipinski definition) is 1. The molecule has 25 heavy (non-hydrogen) atoms. The van der Waals surface area contributed by atoms with Gasteiger partial charge in [0, 0.05) is 24.3 Å². The van der Waals surface area contributed by atoms with Crippen LogP contribution in [0.15, 0.2) is 0 Å². The first-order valence-corrected chi connectivity index (χ1v) is 9.61. The Hall–Kier alpha value is -1.63. The highest BCUT2D eigenvalue weighted by atomic mass is 32.1. The SMILES string of the molecule is CC(C)(C)OC(=O)N1CCc2nc(NC(=O)CC3CC3(C)C)sc2C1. The zero-order valence-corrected chi connectivity index (χ0v) is 16.5. The standard InChI is InChI=1S/C18H27N3O3S/c1-17(2,3)24-16(23)21-7-6-12-13(10-21)25-15(19-12)20-14(22)8-11-9-18(11,4)5/h11H,6-10H2,1-5H3,(H,19,20,22). The van der Waals surface area contributed by atoms with E-state index in [1.165, 1.54) is 11.3 Å². The summed E-state index contributed by atoms with van der Waals surface area (Å²) in [5.74, 6) is 0.510. The van der Waals surface area contributed by atoms with E-state index in [2.05, 4.69) is 24.1 Å². The summed E-state index contributed by atoms with van der Waals surface area (Å²) in [6.07, 6.45) is 2.06. The van der Waals surface area contributed by atoms with Gasteiger partial charge in [-0.15, -0.1) is 0 Å². The molecule has 1 N–H and O–H groups in total. The van der Waals surface area contributed by atoms with Gasteiger partial charge in [-0.05, 0) is 38.5 Å². The van der Waals surface area contributed by atoms with Crippen molar-refractivity contribution in [1.82, 2.24) is 9.88 Å². The van der Waals surface area contributed by atoms with E-state index in [4.69, 9.17) is 4.74 Å². The third-order valence-corrected chi connectivity index (χ3v) is 5.78. The van der Waals surface area contributed by atoms with Gasteiger partial charge in [0.25, 0.3) is 0 Å². The molecule has 7 heteroatoms. The zero-order valence-electron chi connectivity index (χ0n) is 15.6. The molecule has 1 fully saturated rings. The number of carbonyl (C=O) groups excluding carboxylic acids is 2. The molecule has 2 heterocycles. The fourth-order valence-corrected chi connectivity index (χ4v) is 4.09. The van der Waals surface area contributed by atoms with Crippen molar-refractivity contribution in [2.24, 2.45) is 11.3 Å². The summed E-state index contributed by atoms with van der Waals surface area (Å²) >= 11 is 1.46. The van der Waals surface area contributed by atoms with E-state index in [9.17, 15) is 9.59 Å². The first-order valence-electron chi connectivity index (χ1n) is 8.80. The van der Waals surface area contributed by atoms with Gasteiger partial charge < -0.3 is 15.0 Å². The Balaban J connectivity index is 1.57. The maximum Gasteiger partial charge on any atom is 0.410 e. The Morgan fingerprint density at radius 2 is 2.08 bits per heavy atom. The molecule has 0 aromatic carbocycles. The number of anilines is 1. The third kappa shape index (κ3) is 4.51. The molecule has 0 spiro atoms. The van der Waals surface area contributed by atoms with Crippen LogP contribution < -0.4 is 5.32 Å². The van der Waals surface area contributed by atoms with Crippen LogP contribution in [0.2, 0.25) is 0 Å². The van der Waals surface area contributed by atoms with Crippen LogP contribution in [0.3, 0.4) is 0 Å². The molecule has 1 saturated carbocycles. The summed E-state index contributed by atoms with van der Waals surface area (Å²) in [6, 6.07) is 0. The molecular formula is C18H27N3O3S. The first-order chi connectivity index (χ1) is 11.5. The van der Waals surface area contributed by atoms with Gasteiger partial charge in [0.1, 0.15) is 5.60 Å². The Kier molecular flexibility index (Phi) is 4.56. The lowest BCUT2D eigenvalue weighted by Crippen LogP contribution is -2.39. The lowest BCUT2D eigenvalue weighted by atomic mass is 10.1. The second-order valence-corrected chi connectivity index (χ2v) is 9.77. The summed E-state index contributed by atoms with van der Waals surface area (Å²) < 4.78 is 5.44. The molecule has 1 aromatic heterocycles. The number of aromatic nitrogens is 1. The van der Waals surface area contributed by atoms with Gasteiger partial charge in [-0.25, -0.2) is 9.78 Å². The molecule has 138 valence electrons. The highest BCUT2D eigenvalue weighted by Crippen LogP contribution is 2.53. The van der Waals surface area contributed by atoms with Crippen LogP contribution in [0.1, 0.15) is 58.0 Å². The normalized spacial score (nSPS) is 21.5. The summed E-state index contributed by atoms with van der Waals surface area (Å²) in [5, 5.41) is 3.56. The van der Waals surface area contributed by atoms with E-state index in [1.807, 2.05) is 20.8 Å². The van der Waals surface area contributed by atoms with E-state index >= 15 is 0 Å². The molecule has 2 aliphatic rings. The number of carbonyl (C=O) groups is 2. The van der Waals surface area contributed by atoms with Crippen LogP contribution in [0.5, 0.6) is 0 Å². The summed E-state index contributed by atoms with van der Waals surface area (Å²) in [7, 11) is 0. The number of fused-ring (bicyclic) bond motifs is 1. The van der Waals surface area contributed by atoms with E-state index < -0.39 is 5.60 Å². The predicted octanol–water partition coefficient (Wildman–Crippen LogP) is 3.81. The molecule has 1 aromatic rings. The predicted molar refractivity (Wildman–Crippen MR) is 97.6 cm³/mol. The minimum atomic E-state index is -0.499. The van der Waals surface area contributed by atoms with Gasteiger partial charge >= 0.3 is 6.09 Å². The summed E-state index contributed by atoms with van der Waals surface area (Å²) in [4.78, 5) is 31.6. The van der Waals surface area contributed by atoms with Gasteiger partial charge in [-0.3, -0.25) is 4.79 Å². The maximum atomic E-state index is 12.2. The van der Waals surface area contributed by atoms with Gasteiger partial charge in [0.05, 0.1) is 12.2 Å².